The molecular formula is C16H19NO2. The lowest BCUT2D eigenvalue weighted by Crippen LogP contribution is -2.37. The summed E-state index contributed by atoms with van der Waals surface area (Å²) in [4.78, 5) is 0. The van der Waals surface area contributed by atoms with Gasteiger partial charge in [-0.05, 0) is 43.0 Å². The summed E-state index contributed by atoms with van der Waals surface area (Å²) in [5.74, 6) is 1.52. The van der Waals surface area contributed by atoms with Gasteiger partial charge in [-0.1, -0.05) is 30.3 Å². The van der Waals surface area contributed by atoms with Gasteiger partial charge in [0.1, 0.15) is 5.76 Å². The number of nitrogens with one attached hydrogen (secondary N) is 1. The Morgan fingerprint density at radius 1 is 1.16 bits per heavy atom. The van der Waals surface area contributed by atoms with E-state index < -0.39 is 0 Å². The molecule has 2 aromatic rings. The average molecular weight is 257 g/mol. The highest BCUT2D eigenvalue weighted by atomic mass is 16.3. The van der Waals surface area contributed by atoms with Crippen molar-refractivity contribution in [3.05, 3.63) is 60.1 Å². The Kier molecular flexibility index (Phi) is 3.67. The summed E-state index contributed by atoms with van der Waals surface area (Å²) >= 11 is 0. The second-order valence-corrected chi connectivity index (χ2v) is 5.26. The molecule has 1 fully saturated rings. The van der Waals surface area contributed by atoms with Gasteiger partial charge in [-0.25, -0.2) is 0 Å². The minimum atomic E-state index is -0.0920. The molecule has 1 aromatic heterocycles. The number of aliphatic hydroxyl groups excluding tert-OH is 1. The second-order valence-electron chi connectivity index (χ2n) is 5.26. The Hall–Kier alpha value is -1.58. The summed E-state index contributed by atoms with van der Waals surface area (Å²) in [5, 5.41) is 12.9. The Labute approximate surface area is 113 Å². The first-order chi connectivity index (χ1) is 9.33. The molecule has 0 aliphatic heterocycles. The molecule has 0 bridgehead atoms. The highest BCUT2D eigenvalue weighted by molar-refractivity contribution is 5.26. The van der Waals surface area contributed by atoms with Crippen molar-refractivity contribution in [2.75, 3.05) is 6.54 Å². The summed E-state index contributed by atoms with van der Waals surface area (Å²) < 4.78 is 5.54. The Bertz CT molecular complexity index is 489. The quantitative estimate of drug-likeness (QED) is 0.865. The van der Waals surface area contributed by atoms with Gasteiger partial charge in [-0.2, -0.15) is 0 Å². The van der Waals surface area contributed by atoms with E-state index in [0.29, 0.717) is 5.92 Å². The molecular weight excluding hydrogens is 238 g/mol. The fourth-order valence-corrected chi connectivity index (χ4v) is 2.64. The van der Waals surface area contributed by atoms with Crippen LogP contribution in [-0.2, 0) is 0 Å². The van der Waals surface area contributed by atoms with E-state index in [1.54, 1.807) is 6.26 Å². The summed E-state index contributed by atoms with van der Waals surface area (Å²) in [6.45, 7) is 0.914. The van der Waals surface area contributed by atoms with E-state index >= 15 is 0 Å². The third-order valence-electron chi connectivity index (χ3n) is 3.78. The predicted octanol–water partition coefficient (Wildman–Crippen LogP) is 2.73. The van der Waals surface area contributed by atoms with Crippen LogP contribution >= 0.6 is 0 Å². The molecule has 3 heteroatoms. The van der Waals surface area contributed by atoms with Crippen LogP contribution in [0.5, 0.6) is 0 Å². The predicted molar refractivity (Wildman–Crippen MR) is 73.7 cm³/mol. The first-order valence-electron chi connectivity index (χ1n) is 6.82. The molecule has 0 spiro atoms. The van der Waals surface area contributed by atoms with Gasteiger partial charge in [-0.3, -0.25) is 0 Å². The molecule has 1 aliphatic carbocycles. The smallest absolute Gasteiger partial charge is 0.125 e. The van der Waals surface area contributed by atoms with E-state index in [2.05, 4.69) is 17.4 Å². The maximum Gasteiger partial charge on any atom is 0.125 e. The van der Waals surface area contributed by atoms with Crippen LogP contribution < -0.4 is 5.32 Å². The van der Waals surface area contributed by atoms with Gasteiger partial charge in [0.05, 0.1) is 18.4 Å². The highest BCUT2D eigenvalue weighted by Gasteiger charge is 2.28. The van der Waals surface area contributed by atoms with Crippen molar-refractivity contribution in [3.8, 4) is 0 Å². The third-order valence-corrected chi connectivity index (χ3v) is 3.78. The van der Waals surface area contributed by atoms with Crippen LogP contribution in [0.3, 0.4) is 0 Å². The SMILES string of the molecule is OC1CC(CNC(c2ccccc2)c2ccco2)C1. The zero-order chi connectivity index (χ0) is 13.1. The van der Waals surface area contributed by atoms with Gasteiger partial charge >= 0.3 is 0 Å². The van der Waals surface area contributed by atoms with E-state index in [9.17, 15) is 5.11 Å². The van der Waals surface area contributed by atoms with E-state index in [-0.39, 0.29) is 12.1 Å². The molecule has 2 N–H and O–H groups in total. The Morgan fingerprint density at radius 2 is 1.95 bits per heavy atom. The van der Waals surface area contributed by atoms with E-state index in [4.69, 9.17) is 4.42 Å². The van der Waals surface area contributed by atoms with Crippen molar-refractivity contribution in [1.29, 1.82) is 0 Å². The molecule has 0 radical (unpaired) electrons. The lowest BCUT2D eigenvalue weighted by molar-refractivity contribution is 0.0421. The maximum absolute atomic E-state index is 9.34. The number of rotatable bonds is 5. The maximum atomic E-state index is 9.34. The molecule has 19 heavy (non-hydrogen) atoms. The van der Waals surface area contributed by atoms with Crippen LogP contribution in [0.15, 0.2) is 53.1 Å². The summed E-state index contributed by atoms with van der Waals surface area (Å²) in [7, 11) is 0. The lowest BCUT2D eigenvalue weighted by Gasteiger charge is -2.32. The molecule has 1 unspecified atom stereocenters. The number of benzene rings is 1. The molecule has 1 aromatic carbocycles. The Morgan fingerprint density at radius 3 is 2.58 bits per heavy atom. The Balaban J connectivity index is 1.70. The van der Waals surface area contributed by atoms with E-state index in [0.717, 1.165) is 25.1 Å². The second kappa shape index (κ2) is 5.59. The number of furan rings is 1. The first kappa shape index (κ1) is 12.5. The summed E-state index contributed by atoms with van der Waals surface area (Å²) in [5.41, 5.74) is 1.21. The van der Waals surface area contributed by atoms with Crippen molar-refractivity contribution in [2.45, 2.75) is 25.0 Å². The number of hydrogen-bond donors (Lipinski definition) is 2. The lowest BCUT2D eigenvalue weighted by atomic mass is 9.82. The van der Waals surface area contributed by atoms with Gasteiger partial charge in [0, 0.05) is 0 Å². The van der Waals surface area contributed by atoms with Crippen molar-refractivity contribution in [3.63, 3.8) is 0 Å². The van der Waals surface area contributed by atoms with E-state index in [1.807, 2.05) is 30.3 Å². The average Bonchev–Trinajstić information content (AvgIpc) is 2.92. The normalized spacial score (nSPS) is 23.8. The molecule has 1 atom stereocenters. The van der Waals surface area contributed by atoms with Crippen LogP contribution in [0.2, 0.25) is 0 Å². The minimum absolute atomic E-state index is 0.0916. The number of hydrogen-bond acceptors (Lipinski definition) is 3. The van der Waals surface area contributed by atoms with E-state index in [1.165, 1.54) is 5.56 Å². The van der Waals surface area contributed by atoms with Crippen LogP contribution in [-0.4, -0.2) is 17.8 Å². The van der Waals surface area contributed by atoms with Crippen LogP contribution in [0.4, 0.5) is 0 Å². The van der Waals surface area contributed by atoms with Gasteiger partial charge in [0.25, 0.3) is 0 Å². The fraction of sp³-hybridized carbons (Fsp3) is 0.375. The standard InChI is InChI=1S/C16H19NO2/c18-14-9-12(10-14)11-17-16(15-7-4-8-19-15)13-5-2-1-3-6-13/h1-8,12,14,16-18H,9-11H2. The van der Waals surface area contributed by atoms with Gasteiger partial charge in [0.2, 0.25) is 0 Å². The van der Waals surface area contributed by atoms with Crippen molar-refractivity contribution in [2.24, 2.45) is 5.92 Å². The first-order valence-corrected chi connectivity index (χ1v) is 6.82. The zero-order valence-electron chi connectivity index (χ0n) is 10.8. The molecule has 1 aliphatic rings. The summed E-state index contributed by atoms with van der Waals surface area (Å²) in [6.07, 6.45) is 3.44. The van der Waals surface area contributed by atoms with Crippen molar-refractivity contribution in [1.82, 2.24) is 5.32 Å². The molecule has 1 heterocycles. The highest BCUT2D eigenvalue weighted by Crippen LogP contribution is 2.28. The van der Waals surface area contributed by atoms with Gasteiger partial charge < -0.3 is 14.8 Å². The van der Waals surface area contributed by atoms with Crippen LogP contribution in [0.1, 0.15) is 30.2 Å². The van der Waals surface area contributed by atoms with Gasteiger partial charge in [0.15, 0.2) is 0 Å². The largest absolute Gasteiger partial charge is 0.467 e. The molecule has 0 amide bonds. The summed E-state index contributed by atoms with van der Waals surface area (Å²) in [6, 6.07) is 14.3. The van der Waals surface area contributed by atoms with Gasteiger partial charge in [-0.15, -0.1) is 0 Å². The van der Waals surface area contributed by atoms with Crippen molar-refractivity contribution >= 4 is 0 Å². The number of aliphatic hydroxyl groups is 1. The molecule has 3 rings (SSSR count). The minimum Gasteiger partial charge on any atom is -0.467 e. The molecule has 0 saturated heterocycles. The van der Waals surface area contributed by atoms with Crippen molar-refractivity contribution < 1.29 is 9.52 Å². The molecule has 3 nitrogen and oxygen atoms in total. The molecule has 1 saturated carbocycles. The van der Waals surface area contributed by atoms with Crippen LogP contribution in [0, 0.1) is 5.92 Å². The zero-order valence-corrected chi connectivity index (χ0v) is 10.8. The fourth-order valence-electron chi connectivity index (χ4n) is 2.64. The monoisotopic (exact) mass is 257 g/mol. The topological polar surface area (TPSA) is 45.4 Å². The third kappa shape index (κ3) is 2.88. The molecule has 100 valence electrons. The van der Waals surface area contributed by atoms with Crippen LogP contribution in [0.25, 0.3) is 0 Å².